The van der Waals surface area contributed by atoms with Crippen LogP contribution in [0.15, 0.2) is 17.8 Å². The van der Waals surface area contributed by atoms with Crippen molar-refractivity contribution >= 4 is 23.2 Å². The zero-order chi connectivity index (χ0) is 16.9. The molecule has 122 valence electrons. The van der Waals surface area contributed by atoms with E-state index in [0.717, 1.165) is 0 Å². The van der Waals surface area contributed by atoms with E-state index in [1.165, 1.54) is 6.08 Å². The molecule has 0 saturated heterocycles. The second-order valence-corrected chi connectivity index (χ2v) is 6.16. The molecule has 0 spiro atoms. The van der Waals surface area contributed by atoms with Crippen LogP contribution in [-0.4, -0.2) is 35.0 Å². The summed E-state index contributed by atoms with van der Waals surface area (Å²) in [6.07, 6.45) is 2.62. The van der Waals surface area contributed by atoms with E-state index in [2.05, 4.69) is 11.7 Å². The van der Waals surface area contributed by atoms with Gasteiger partial charge in [-0.25, -0.2) is 0 Å². The number of oxime groups is 1. The molecule has 1 fully saturated rings. The molecule has 0 radical (unpaired) electrons. The average molecular weight is 309 g/mol. The van der Waals surface area contributed by atoms with Gasteiger partial charge in [0.15, 0.2) is 5.78 Å². The Balaban J connectivity index is 3.16. The Bertz CT molecular complexity index is 507. The number of carboxylic acids is 1. The fraction of sp³-hybridized carbons (Fsp3) is 0.625. The number of nitrogens with zero attached hydrogens (tertiary/aromatic N) is 1. The highest BCUT2D eigenvalue weighted by Crippen LogP contribution is 2.40. The lowest BCUT2D eigenvalue weighted by Crippen LogP contribution is -2.51. The van der Waals surface area contributed by atoms with Crippen LogP contribution in [0.25, 0.3) is 0 Å². The summed E-state index contributed by atoms with van der Waals surface area (Å²) in [5.74, 6) is -4.41. The fourth-order valence-electron chi connectivity index (χ4n) is 2.84. The van der Waals surface area contributed by atoms with Gasteiger partial charge in [0.1, 0.15) is 24.2 Å². The highest BCUT2D eigenvalue weighted by Gasteiger charge is 2.52. The van der Waals surface area contributed by atoms with E-state index in [4.69, 9.17) is 4.84 Å². The molecule has 0 aromatic carbocycles. The van der Waals surface area contributed by atoms with Crippen LogP contribution in [0.5, 0.6) is 0 Å². The molecule has 0 aromatic rings. The Labute approximate surface area is 130 Å². The van der Waals surface area contributed by atoms with Gasteiger partial charge in [-0.15, -0.1) is 0 Å². The van der Waals surface area contributed by atoms with Crippen LogP contribution in [0.3, 0.4) is 0 Å². The first-order valence-electron chi connectivity index (χ1n) is 7.35. The number of Topliss-reactive ketones (excluding diaryl/α,β-unsaturated/α-hetero) is 2. The summed E-state index contributed by atoms with van der Waals surface area (Å²) >= 11 is 0. The van der Waals surface area contributed by atoms with E-state index in [-0.39, 0.29) is 18.8 Å². The third kappa shape index (κ3) is 3.81. The fourth-order valence-corrected chi connectivity index (χ4v) is 2.84. The molecule has 1 rings (SSSR count). The van der Waals surface area contributed by atoms with Crippen LogP contribution in [0.2, 0.25) is 0 Å². The maximum atomic E-state index is 12.6. The number of ketones is 2. The average Bonchev–Trinajstić information content (AvgIpc) is 2.36. The van der Waals surface area contributed by atoms with Crippen molar-refractivity contribution in [1.29, 1.82) is 0 Å². The molecule has 6 heteroatoms. The van der Waals surface area contributed by atoms with Gasteiger partial charge >= 0.3 is 5.97 Å². The summed E-state index contributed by atoms with van der Waals surface area (Å²) in [6, 6.07) is 0. The predicted molar refractivity (Wildman–Crippen MR) is 81.5 cm³/mol. The third-order valence-electron chi connectivity index (χ3n) is 3.76. The van der Waals surface area contributed by atoms with Crippen LogP contribution in [0.1, 0.15) is 40.0 Å². The van der Waals surface area contributed by atoms with Gasteiger partial charge in [0, 0.05) is 6.42 Å². The SMILES string of the molecule is C=CCON=C(CCC)C1C(=O)CC(C)(C)C(C(=O)O)C1=O. The van der Waals surface area contributed by atoms with Gasteiger partial charge in [-0.1, -0.05) is 45.0 Å². The summed E-state index contributed by atoms with van der Waals surface area (Å²) in [5, 5.41) is 13.2. The molecule has 1 N–H and O–H groups in total. The van der Waals surface area contributed by atoms with E-state index in [9.17, 15) is 19.5 Å². The van der Waals surface area contributed by atoms with E-state index >= 15 is 0 Å². The third-order valence-corrected chi connectivity index (χ3v) is 3.76. The van der Waals surface area contributed by atoms with Crippen molar-refractivity contribution < 1.29 is 24.3 Å². The second kappa shape index (κ2) is 7.33. The molecule has 0 heterocycles. The number of carboxylic acid groups (broad SMARTS) is 1. The van der Waals surface area contributed by atoms with Crippen molar-refractivity contribution in [3.05, 3.63) is 12.7 Å². The lowest BCUT2D eigenvalue weighted by Gasteiger charge is -2.37. The van der Waals surface area contributed by atoms with Crippen molar-refractivity contribution in [2.24, 2.45) is 22.4 Å². The lowest BCUT2D eigenvalue weighted by molar-refractivity contribution is -0.156. The monoisotopic (exact) mass is 309 g/mol. The predicted octanol–water partition coefficient (Wildman–Crippen LogP) is 2.23. The molecule has 1 saturated carbocycles. The molecule has 0 aliphatic heterocycles. The van der Waals surface area contributed by atoms with Crippen LogP contribution in [0, 0.1) is 17.3 Å². The minimum absolute atomic E-state index is 0.0323. The van der Waals surface area contributed by atoms with Gasteiger partial charge in [-0.3, -0.25) is 14.4 Å². The van der Waals surface area contributed by atoms with Crippen LogP contribution >= 0.6 is 0 Å². The summed E-state index contributed by atoms with van der Waals surface area (Å²) in [6.45, 7) is 8.80. The van der Waals surface area contributed by atoms with E-state index in [1.54, 1.807) is 13.8 Å². The van der Waals surface area contributed by atoms with E-state index < -0.39 is 29.0 Å². The highest BCUT2D eigenvalue weighted by molar-refractivity contribution is 6.26. The number of hydrogen-bond acceptors (Lipinski definition) is 5. The number of carbonyl (C=O) groups is 3. The number of aliphatic carboxylic acids is 1. The lowest BCUT2D eigenvalue weighted by atomic mass is 9.63. The van der Waals surface area contributed by atoms with Crippen LogP contribution < -0.4 is 0 Å². The van der Waals surface area contributed by atoms with Gasteiger partial charge < -0.3 is 9.94 Å². The highest BCUT2D eigenvalue weighted by atomic mass is 16.6. The Hall–Kier alpha value is -1.98. The van der Waals surface area contributed by atoms with Gasteiger partial charge in [-0.05, 0) is 11.8 Å². The molecule has 0 aromatic heterocycles. The zero-order valence-corrected chi connectivity index (χ0v) is 13.3. The molecule has 22 heavy (non-hydrogen) atoms. The van der Waals surface area contributed by atoms with Gasteiger partial charge in [-0.2, -0.15) is 0 Å². The molecule has 6 nitrogen and oxygen atoms in total. The molecule has 0 amide bonds. The standard InChI is InChI=1S/C16H23NO5/c1-5-7-10(17-22-8-6-2)12-11(18)9-16(3,4)13(14(12)19)15(20)21/h6,12-13H,2,5,7-9H2,1,3-4H3,(H,20,21). The summed E-state index contributed by atoms with van der Waals surface area (Å²) < 4.78 is 0. The van der Waals surface area contributed by atoms with E-state index in [1.807, 2.05) is 6.92 Å². The maximum absolute atomic E-state index is 12.6. The molecule has 1 aliphatic carbocycles. The Morgan fingerprint density at radius 2 is 2.14 bits per heavy atom. The van der Waals surface area contributed by atoms with E-state index in [0.29, 0.717) is 18.6 Å². The van der Waals surface area contributed by atoms with Gasteiger partial charge in [0.05, 0.1) is 5.71 Å². The zero-order valence-electron chi connectivity index (χ0n) is 13.3. The molecular weight excluding hydrogens is 286 g/mol. The molecular formula is C16H23NO5. The minimum Gasteiger partial charge on any atom is -0.481 e. The van der Waals surface area contributed by atoms with Crippen molar-refractivity contribution in [3.63, 3.8) is 0 Å². The molecule has 0 bridgehead atoms. The number of carbonyl (C=O) groups excluding carboxylic acids is 2. The minimum atomic E-state index is -1.21. The Kier molecular flexibility index (Phi) is 6.02. The molecule has 1 aliphatic rings. The molecule has 2 atom stereocenters. The van der Waals surface area contributed by atoms with Gasteiger partial charge in [0.2, 0.25) is 0 Å². The van der Waals surface area contributed by atoms with Crippen molar-refractivity contribution in [2.75, 3.05) is 6.61 Å². The van der Waals surface area contributed by atoms with Crippen molar-refractivity contribution in [1.82, 2.24) is 0 Å². The van der Waals surface area contributed by atoms with Gasteiger partial charge in [0.25, 0.3) is 0 Å². The summed E-state index contributed by atoms with van der Waals surface area (Å²) in [7, 11) is 0. The first kappa shape index (κ1) is 18.1. The first-order chi connectivity index (χ1) is 10.3. The topological polar surface area (TPSA) is 93.0 Å². The smallest absolute Gasteiger partial charge is 0.314 e. The summed E-state index contributed by atoms with van der Waals surface area (Å²) in [4.78, 5) is 41.4. The maximum Gasteiger partial charge on any atom is 0.314 e. The van der Waals surface area contributed by atoms with Crippen molar-refractivity contribution in [3.8, 4) is 0 Å². The first-order valence-corrected chi connectivity index (χ1v) is 7.35. The number of hydrogen-bond donors (Lipinski definition) is 1. The Morgan fingerprint density at radius 1 is 1.50 bits per heavy atom. The quantitative estimate of drug-likeness (QED) is 0.256. The van der Waals surface area contributed by atoms with Crippen LogP contribution in [0.4, 0.5) is 0 Å². The molecule has 2 unspecified atom stereocenters. The number of rotatable bonds is 7. The second-order valence-electron chi connectivity index (χ2n) is 6.16. The normalized spacial score (nSPS) is 25.0. The van der Waals surface area contributed by atoms with Crippen LogP contribution in [-0.2, 0) is 19.2 Å². The largest absolute Gasteiger partial charge is 0.481 e. The summed E-state index contributed by atoms with van der Waals surface area (Å²) in [5.41, 5.74) is -0.586. The Morgan fingerprint density at radius 3 is 2.64 bits per heavy atom. The van der Waals surface area contributed by atoms with Crippen molar-refractivity contribution in [2.45, 2.75) is 40.0 Å².